The van der Waals surface area contributed by atoms with E-state index in [1.54, 1.807) is 6.20 Å². The largest absolute Gasteiger partial charge is 0.397 e. The average molecular weight is 284 g/mol. The van der Waals surface area contributed by atoms with Gasteiger partial charge in [0.1, 0.15) is 0 Å². The Kier molecular flexibility index (Phi) is 4.25. The molecular weight excluding hydrogens is 260 g/mol. The second-order valence-electron chi connectivity index (χ2n) is 5.88. The van der Waals surface area contributed by atoms with Crippen molar-refractivity contribution in [2.24, 2.45) is 5.92 Å². The first-order valence-corrected chi connectivity index (χ1v) is 7.86. The molecule has 0 bridgehead atoms. The summed E-state index contributed by atoms with van der Waals surface area (Å²) in [5, 5.41) is 5.72. The van der Waals surface area contributed by atoms with E-state index in [1.165, 1.54) is 32.5 Å². The number of pyridine rings is 1. The number of benzene rings is 1. The Balaban J connectivity index is 1.64. The van der Waals surface area contributed by atoms with E-state index in [-0.39, 0.29) is 0 Å². The molecule has 1 fully saturated rings. The summed E-state index contributed by atoms with van der Waals surface area (Å²) < 4.78 is 0. The molecule has 4 heteroatoms. The molecule has 21 heavy (non-hydrogen) atoms. The van der Waals surface area contributed by atoms with Gasteiger partial charge in [-0.05, 0) is 50.5 Å². The minimum Gasteiger partial charge on any atom is -0.397 e. The van der Waals surface area contributed by atoms with Crippen LogP contribution in [0.1, 0.15) is 19.8 Å². The van der Waals surface area contributed by atoms with Gasteiger partial charge >= 0.3 is 0 Å². The van der Waals surface area contributed by atoms with Crippen molar-refractivity contribution in [3.05, 3.63) is 30.6 Å². The molecule has 0 unspecified atom stereocenters. The van der Waals surface area contributed by atoms with E-state index in [2.05, 4.69) is 34.3 Å². The smallest absolute Gasteiger partial charge is 0.0630 e. The number of nitrogens with one attached hydrogen (secondary N) is 1. The maximum atomic E-state index is 6.28. The lowest BCUT2D eigenvalue weighted by molar-refractivity contribution is 0.198. The van der Waals surface area contributed by atoms with Gasteiger partial charge in [-0.15, -0.1) is 0 Å². The van der Waals surface area contributed by atoms with Gasteiger partial charge in [0.15, 0.2) is 0 Å². The van der Waals surface area contributed by atoms with E-state index in [0.717, 1.165) is 34.6 Å². The molecule has 0 aliphatic carbocycles. The van der Waals surface area contributed by atoms with Crippen LogP contribution >= 0.6 is 0 Å². The van der Waals surface area contributed by atoms with Crippen LogP contribution in [0.5, 0.6) is 0 Å². The zero-order chi connectivity index (χ0) is 14.7. The molecule has 1 aromatic carbocycles. The zero-order valence-electron chi connectivity index (χ0n) is 12.7. The van der Waals surface area contributed by atoms with Crippen LogP contribution in [0.4, 0.5) is 11.4 Å². The Morgan fingerprint density at radius 1 is 1.29 bits per heavy atom. The Morgan fingerprint density at radius 3 is 2.86 bits per heavy atom. The number of rotatable bonds is 4. The van der Waals surface area contributed by atoms with Gasteiger partial charge in [0.2, 0.25) is 0 Å². The second kappa shape index (κ2) is 6.31. The Hall–Kier alpha value is -1.81. The van der Waals surface area contributed by atoms with Gasteiger partial charge in [-0.25, -0.2) is 0 Å². The number of nitrogens with zero attached hydrogens (tertiary/aromatic N) is 2. The number of nitrogens with two attached hydrogens (primary N) is 1. The molecule has 1 aliphatic heterocycles. The van der Waals surface area contributed by atoms with Crippen LogP contribution in [0, 0.1) is 5.92 Å². The summed E-state index contributed by atoms with van der Waals surface area (Å²) >= 11 is 0. The third-order valence-corrected chi connectivity index (χ3v) is 4.60. The first-order chi connectivity index (χ1) is 10.3. The standard InChI is InChI=1S/C17H24N4/c1-2-21-9-6-13(7-10-21)11-20-16-4-3-14-12-19-8-5-15(14)17(16)18/h3-5,8,12-13,20H,2,6-7,9-11,18H2,1H3. The van der Waals surface area contributed by atoms with E-state index >= 15 is 0 Å². The average Bonchev–Trinajstić information content (AvgIpc) is 2.55. The van der Waals surface area contributed by atoms with Crippen molar-refractivity contribution < 1.29 is 0 Å². The topological polar surface area (TPSA) is 54.2 Å². The lowest BCUT2D eigenvalue weighted by Gasteiger charge is -2.31. The second-order valence-corrected chi connectivity index (χ2v) is 5.88. The number of likely N-dealkylation sites (tertiary alicyclic amines) is 1. The quantitative estimate of drug-likeness (QED) is 0.848. The van der Waals surface area contributed by atoms with Gasteiger partial charge in [-0.1, -0.05) is 13.0 Å². The van der Waals surface area contributed by atoms with Gasteiger partial charge in [0.05, 0.1) is 11.4 Å². The number of piperidine rings is 1. The highest BCUT2D eigenvalue weighted by molar-refractivity contribution is 5.98. The number of anilines is 2. The van der Waals surface area contributed by atoms with E-state index in [0.29, 0.717) is 0 Å². The minimum atomic E-state index is 0.750. The van der Waals surface area contributed by atoms with Gasteiger partial charge in [-0.3, -0.25) is 4.98 Å². The fourth-order valence-electron chi connectivity index (χ4n) is 3.11. The molecule has 0 amide bonds. The summed E-state index contributed by atoms with van der Waals surface area (Å²) in [6.07, 6.45) is 6.20. The van der Waals surface area contributed by atoms with Crippen molar-refractivity contribution >= 4 is 22.1 Å². The normalized spacial score (nSPS) is 17.2. The Labute approximate surface area is 126 Å². The fraction of sp³-hybridized carbons (Fsp3) is 0.471. The van der Waals surface area contributed by atoms with E-state index in [9.17, 15) is 0 Å². The lowest BCUT2D eigenvalue weighted by atomic mass is 9.96. The van der Waals surface area contributed by atoms with E-state index in [1.807, 2.05) is 12.3 Å². The highest BCUT2D eigenvalue weighted by atomic mass is 15.1. The van der Waals surface area contributed by atoms with Crippen molar-refractivity contribution in [1.29, 1.82) is 0 Å². The SMILES string of the molecule is CCN1CCC(CNc2ccc3cnccc3c2N)CC1. The van der Waals surface area contributed by atoms with Gasteiger partial charge in [0, 0.05) is 29.7 Å². The molecule has 4 nitrogen and oxygen atoms in total. The predicted octanol–water partition coefficient (Wildman–Crippen LogP) is 2.96. The molecule has 1 aromatic heterocycles. The molecule has 0 radical (unpaired) electrons. The van der Waals surface area contributed by atoms with Crippen LogP contribution in [0.25, 0.3) is 10.8 Å². The summed E-state index contributed by atoms with van der Waals surface area (Å²) in [5.41, 5.74) is 8.16. The van der Waals surface area contributed by atoms with Crippen LogP contribution in [0.3, 0.4) is 0 Å². The maximum absolute atomic E-state index is 6.28. The first-order valence-electron chi connectivity index (χ1n) is 7.86. The molecule has 0 spiro atoms. The Morgan fingerprint density at radius 2 is 2.10 bits per heavy atom. The number of hydrogen-bond donors (Lipinski definition) is 2. The molecule has 3 N–H and O–H groups in total. The molecule has 1 aliphatic rings. The number of nitrogen functional groups attached to an aromatic ring is 1. The lowest BCUT2D eigenvalue weighted by Crippen LogP contribution is -2.35. The summed E-state index contributed by atoms with van der Waals surface area (Å²) in [4.78, 5) is 6.66. The van der Waals surface area contributed by atoms with Crippen LogP contribution in [-0.4, -0.2) is 36.1 Å². The van der Waals surface area contributed by atoms with Gasteiger partial charge in [-0.2, -0.15) is 0 Å². The van der Waals surface area contributed by atoms with E-state index in [4.69, 9.17) is 5.73 Å². The van der Waals surface area contributed by atoms with Crippen molar-refractivity contribution in [2.45, 2.75) is 19.8 Å². The summed E-state index contributed by atoms with van der Waals surface area (Å²) in [6, 6.07) is 6.14. The third kappa shape index (κ3) is 3.10. The van der Waals surface area contributed by atoms with Crippen molar-refractivity contribution in [3.63, 3.8) is 0 Å². The monoisotopic (exact) mass is 284 g/mol. The van der Waals surface area contributed by atoms with Crippen molar-refractivity contribution in [3.8, 4) is 0 Å². The van der Waals surface area contributed by atoms with Crippen LogP contribution in [0.15, 0.2) is 30.6 Å². The van der Waals surface area contributed by atoms with Crippen LogP contribution in [-0.2, 0) is 0 Å². The van der Waals surface area contributed by atoms with Gasteiger partial charge < -0.3 is 16.0 Å². The number of aromatic nitrogens is 1. The zero-order valence-corrected chi connectivity index (χ0v) is 12.7. The molecule has 0 saturated carbocycles. The summed E-state index contributed by atoms with van der Waals surface area (Å²) in [6.45, 7) is 6.87. The van der Waals surface area contributed by atoms with Gasteiger partial charge in [0.25, 0.3) is 0 Å². The predicted molar refractivity (Wildman–Crippen MR) is 89.5 cm³/mol. The van der Waals surface area contributed by atoms with E-state index < -0.39 is 0 Å². The summed E-state index contributed by atoms with van der Waals surface area (Å²) in [5.74, 6) is 0.750. The van der Waals surface area contributed by atoms with Crippen LogP contribution in [0.2, 0.25) is 0 Å². The summed E-state index contributed by atoms with van der Waals surface area (Å²) in [7, 11) is 0. The third-order valence-electron chi connectivity index (χ3n) is 4.60. The molecule has 2 heterocycles. The fourth-order valence-corrected chi connectivity index (χ4v) is 3.11. The number of fused-ring (bicyclic) bond motifs is 1. The van der Waals surface area contributed by atoms with Crippen molar-refractivity contribution in [1.82, 2.24) is 9.88 Å². The minimum absolute atomic E-state index is 0.750. The maximum Gasteiger partial charge on any atom is 0.0630 e. The molecule has 3 rings (SSSR count). The highest BCUT2D eigenvalue weighted by Crippen LogP contribution is 2.28. The molecule has 2 aromatic rings. The number of hydrogen-bond acceptors (Lipinski definition) is 4. The molecule has 1 saturated heterocycles. The molecule has 112 valence electrons. The first kappa shape index (κ1) is 14.1. The molecule has 0 atom stereocenters. The molecular formula is C17H24N4. The van der Waals surface area contributed by atoms with Crippen LogP contribution < -0.4 is 11.1 Å². The van der Waals surface area contributed by atoms with Crippen molar-refractivity contribution in [2.75, 3.05) is 37.2 Å². The highest BCUT2D eigenvalue weighted by Gasteiger charge is 2.18. The Bertz CT molecular complexity index is 603.